The summed E-state index contributed by atoms with van der Waals surface area (Å²) in [6.07, 6.45) is 1.84. The molecular weight excluding hydrogens is 232 g/mol. The van der Waals surface area contributed by atoms with Gasteiger partial charge in [-0.2, -0.15) is 0 Å². The lowest BCUT2D eigenvalue weighted by Crippen LogP contribution is -2.07. The third-order valence-electron chi connectivity index (χ3n) is 2.87. The Morgan fingerprint density at radius 1 is 1.29 bits per heavy atom. The summed E-state index contributed by atoms with van der Waals surface area (Å²) in [5, 5.41) is 1.17. The quantitative estimate of drug-likeness (QED) is 0.828. The van der Waals surface area contributed by atoms with E-state index in [1.54, 1.807) is 11.3 Å². The number of thiazole rings is 1. The monoisotopic (exact) mass is 246 g/mol. The van der Waals surface area contributed by atoms with Crippen LogP contribution in [-0.2, 0) is 24.2 Å². The molecule has 88 valence electrons. The van der Waals surface area contributed by atoms with Gasteiger partial charge in [0.2, 0.25) is 0 Å². The van der Waals surface area contributed by atoms with Gasteiger partial charge in [0.15, 0.2) is 0 Å². The normalized spacial score (nSPS) is 14.6. The zero-order valence-electron chi connectivity index (χ0n) is 9.48. The van der Waals surface area contributed by atoms with Crippen LogP contribution in [0.5, 0.6) is 0 Å². The van der Waals surface area contributed by atoms with Crippen LogP contribution in [0.25, 0.3) is 0 Å². The minimum Gasteiger partial charge on any atom is -0.399 e. The van der Waals surface area contributed by atoms with Crippen LogP contribution < -0.4 is 5.73 Å². The van der Waals surface area contributed by atoms with Crippen LogP contribution in [0.4, 0.5) is 5.69 Å². The smallest absolute Gasteiger partial charge is 0.0975 e. The van der Waals surface area contributed by atoms with Gasteiger partial charge in [-0.3, -0.25) is 0 Å². The minimum atomic E-state index is 0.731. The number of rotatable bonds is 2. The summed E-state index contributed by atoms with van der Waals surface area (Å²) < 4.78 is 5.43. The highest BCUT2D eigenvalue weighted by molar-refractivity contribution is 7.11. The Morgan fingerprint density at radius 2 is 2.12 bits per heavy atom. The van der Waals surface area contributed by atoms with Gasteiger partial charge in [-0.15, -0.1) is 11.3 Å². The average molecular weight is 246 g/mol. The SMILES string of the molecule is Nc1ccc(Cc2nc3c(s2)COCC3)cc1. The van der Waals surface area contributed by atoms with Crippen molar-refractivity contribution >= 4 is 17.0 Å². The second-order valence-corrected chi connectivity index (χ2v) is 5.37. The molecular formula is C13H14N2OS. The van der Waals surface area contributed by atoms with Crippen molar-refractivity contribution < 1.29 is 4.74 Å². The number of aromatic nitrogens is 1. The average Bonchev–Trinajstić information content (AvgIpc) is 2.74. The van der Waals surface area contributed by atoms with Crippen molar-refractivity contribution in [2.24, 2.45) is 0 Å². The number of anilines is 1. The first-order chi connectivity index (χ1) is 8.31. The fraction of sp³-hybridized carbons (Fsp3) is 0.308. The molecule has 0 saturated carbocycles. The van der Waals surface area contributed by atoms with Crippen LogP contribution in [-0.4, -0.2) is 11.6 Å². The van der Waals surface area contributed by atoms with Gasteiger partial charge in [-0.25, -0.2) is 4.98 Å². The van der Waals surface area contributed by atoms with Gasteiger partial charge in [-0.05, 0) is 17.7 Å². The summed E-state index contributed by atoms with van der Waals surface area (Å²) in [5.41, 5.74) is 8.96. The third kappa shape index (κ3) is 2.33. The van der Waals surface area contributed by atoms with E-state index in [9.17, 15) is 0 Å². The van der Waals surface area contributed by atoms with Crippen LogP contribution >= 0.6 is 11.3 Å². The molecule has 0 amide bonds. The summed E-state index contributed by atoms with van der Waals surface area (Å²) in [7, 11) is 0. The molecule has 4 heteroatoms. The lowest BCUT2D eigenvalue weighted by molar-refractivity contribution is 0.112. The van der Waals surface area contributed by atoms with Crippen molar-refractivity contribution in [2.45, 2.75) is 19.4 Å². The topological polar surface area (TPSA) is 48.1 Å². The molecule has 3 rings (SSSR count). The molecule has 2 heterocycles. The Bertz CT molecular complexity index is 495. The highest BCUT2D eigenvalue weighted by Gasteiger charge is 2.15. The molecule has 1 aliphatic heterocycles. The van der Waals surface area contributed by atoms with E-state index in [2.05, 4.69) is 17.1 Å². The Hall–Kier alpha value is -1.39. The molecule has 3 nitrogen and oxygen atoms in total. The molecule has 2 N–H and O–H groups in total. The van der Waals surface area contributed by atoms with Crippen molar-refractivity contribution in [3.8, 4) is 0 Å². The molecule has 0 aliphatic carbocycles. The second kappa shape index (κ2) is 4.47. The van der Waals surface area contributed by atoms with Crippen LogP contribution in [0.1, 0.15) is 21.1 Å². The summed E-state index contributed by atoms with van der Waals surface area (Å²) in [5.74, 6) is 0. The predicted molar refractivity (Wildman–Crippen MR) is 69.1 cm³/mol. The van der Waals surface area contributed by atoms with Gasteiger partial charge >= 0.3 is 0 Å². The molecule has 0 spiro atoms. The largest absolute Gasteiger partial charge is 0.399 e. The van der Waals surface area contributed by atoms with Crippen molar-refractivity contribution in [3.05, 3.63) is 45.4 Å². The van der Waals surface area contributed by atoms with Crippen LogP contribution in [0.15, 0.2) is 24.3 Å². The highest BCUT2D eigenvalue weighted by Crippen LogP contribution is 2.25. The molecule has 0 radical (unpaired) electrons. The standard InChI is InChI=1S/C13H14N2OS/c14-10-3-1-9(2-4-10)7-13-15-11-5-6-16-8-12(11)17-13/h1-4H,5-8,14H2. The number of hydrogen-bond acceptors (Lipinski definition) is 4. The number of nitrogen functional groups attached to an aromatic ring is 1. The molecule has 17 heavy (non-hydrogen) atoms. The zero-order chi connectivity index (χ0) is 11.7. The molecule has 1 aromatic heterocycles. The number of hydrogen-bond donors (Lipinski definition) is 1. The van der Waals surface area contributed by atoms with Crippen molar-refractivity contribution in [1.29, 1.82) is 0 Å². The maximum atomic E-state index is 5.67. The maximum absolute atomic E-state index is 5.67. The van der Waals surface area contributed by atoms with Crippen molar-refractivity contribution in [2.75, 3.05) is 12.3 Å². The predicted octanol–water partition coefficient (Wildman–Crippen LogP) is 2.39. The van der Waals surface area contributed by atoms with E-state index in [0.717, 1.165) is 31.7 Å². The zero-order valence-corrected chi connectivity index (χ0v) is 10.3. The van der Waals surface area contributed by atoms with Crippen LogP contribution in [0.2, 0.25) is 0 Å². The van der Waals surface area contributed by atoms with E-state index in [4.69, 9.17) is 10.5 Å². The van der Waals surface area contributed by atoms with E-state index in [1.807, 2.05) is 12.1 Å². The summed E-state index contributed by atoms with van der Waals surface area (Å²) in [6.45, 7) is 1.53. The van der Waals surface area contributed by atoms with E-state index >= 15 is 0 Å². The lowest BCUT2D eigenvalue weighted by Gasteiger charge is -2.08. The first-order valence-corrected chi connectivity index (χ1v) is 6.52. The fourth-order valence-electron chi connectivity index (χ4n) is 1.96. The van der Waals surface area contributed by atoms with Gasteiger partial charge in [0, 0.05) is 18.5 Å². The molecule has 1 aliphatic rings. The number of ether oxygens (including phenoxy) is 1. The van der Waals surface area contributed by atoms with E-state index < -0.39 is 0 Å². The van der Waals surface area contributed by atoms with Gasteiger partial charge < -0.3 is 10.5 Å². The second-order valence-electron chi connectivity index (χ2n) is 4.20. The lowest BCUT2D eigenvalue weighted by atomic mass is 10.1. The number of fused-ring (bicyclic) bond motifs is 1. The highest BCUT2D eigenvalue weighted by atomic mass is 32.1. The Morgan fingerprint density at radius 3 is 2.88 bits per heavy atom. The van der Waals surface area contributed by atoms with E-state index in [-0.39, 0.29) is 0 Å². The Labute approximate surface area is 104 Å². The van der Waals surface area contributed by atoms with Gasteiger partial charge in [0.1, 0.15) is 0 Å². The van der Waals surface area contributed by atoms with Crippen molar-refractivity contribution in [3.63, 3.8) is 0 Å². The van der Waals surface area contributed by atoms with Gasteiger partial charge in [0.05, 0.1) is 28.8 Å². The minimum absolute atomic E-state index is 0.731. The summed E-state index contributed by atoms with van der Waals surface area (Å²) in [6, 6.07) is 8.00. The molecule has 0 saturated heterocycles. The van der Waals surface area contributed by atoms with Crippen molar-refractivity contribution in [1.82, 2.24) is 4.98 Å². The first-order valence-electron chi connectivity index (χ1n) is 5.71. The number of benzene rings is 1. The molecule has 0 unspecified atom stereocenters. The number of nitrogens with zero attached hydrogens (tertiary/aromatic N) is 1. The van der Waals surface area contributed by atoms with E-state index in [1.165, 1.54) is 21.1 Å². The van der Waals surface area contributed by atoms with Crippen LogP contribution in [0.3, 0.4) is 0 Å². The Kier molecular flexibility index (Phi) is 2.82. The van der Waals surface area contributed by atoms with Crippen LogP contribution in [0, 0.1) is 0 Å². The molecule has 0 fully saturated rings. The maximum Gasteiger partial charge on any atom is 0.0975 e. The van der Waals surface area contributed by atoms with E-state index in [0.29, 0.717) is 0 Å². The molecule has 0 atom stereocenters. The summed E-state index contributed by atoms with van der Waals surface area (Å²) in [4.78, 5) is 5.97. The van der Waals surface area contributed by atoms with Gasteiger partial charge in [-0.1, -0.05) is 12.1 Å². The molecule has 1 aromatic carbocycles. The Balaban J connectivity index is 1.80. The number of nitrogens with two attached hydrogens (primary N) is 1. The summed E-state index contributed by atoms with van der Waals surface area (Å²) >= 11 is 1.77. The first kappa shape index (κ1) is 10.7. The third-order valence-corrected chi connectivity index (χ3v) is 3.95. The van der Waals surface area contributed by atoms with Gasteiger partial charge in [0.25, 0.3) is 0 Å². The fourth-order valence-corrected chi connectivity index (χ4v) is 3.05. The molecule has 0 bridgehead atoms. The molecule has 2 aromatic rings.